The van der Waals surface area contributed by atoms with Crippen LogP contribution in [0.4, 0.5) is 0 Å². The smallest absolute Gasteiger partial charge is 0.306 e. The highest BCUT2D eigenvalue weighted by atomic mass is 16.6. The van der Waals surface area contributed by atoms with E-state index in [0.717, 1.165) is 69.6 Å². The first-order valence-corrected chi connectivity index (χ1v) is 21.7. The van der Waals surface area contributed by atoms with Gasteiger partial charge in [-0.3, -0.25) is 14.4 Å². The number of hydrogen-bond donors (Lipinski definition) is 0. The van der Waals surface area contributed by atoms with Gasteiger partial charge in [0.05, 0.1) is 0 Å². The molecule has 0 aliphatic rings. The Bertz CT molecular complexity index is 764. The van der Waals surface area contributed by atoms with E-state index in [0.29, 0.717) is 19.3 Å². The maximum atomic E-state index is 12.6. The van der Waals surface area contributed by atoms with E-state index in [4.69, 9.17) is 14.2 Å². The number of carbonyl (C=O) groups excluding carboxylic acids is 3. The summed E-state index contributed by atoms with van der Waals surface area (Å²) in [6.07, 6.45) is 33.9. The number of rotatable bonds is 38. The average molecular weight is 709 g/mol. The van der Waals surface area contributed by atoms with Crippen LogP contribution in [0.3, 0.4) is 0 Å². The summed E-state index contributed by atoms with van der Waals surface area (Å²) >= 11 is 0. The topological polar surface area (TPSA) is 78.9 Å². The molecule has 6 nitrogen and oxygen atoms in total. The molecular formula is C44H84O6. The van der Waals surface area contributed by atoms with Gasteiger partial charge in [-0.2, -0.15) is 0 Å². The van der Waals surface area contributed by atoms with Crippen molar-refractivity contribution in [3.63, 3.8) is 0 Å². The molecule has 0 saturated heterocycles. The van der Waals surface area contributed by atoms with Crippen LogP contribution >= 0.6 is 0 Å². The van der Waals surface area contributed by atoms with Gasteiger partial charge in [0, 0.05) is 19.3 Å². The fraction of sp³-hybridized carbons (Fsp3) is 0.932. The Balaban J connectivity index is 4.26. The molecule has 0 aromatic rings. The summed E-state index contributed by atoms with van der Waals surface area (Å²) in [6.45, 7) is 11.3. The van der Waals surface area contributed by atoms with E-state index < -0.39 is 6.10 Å². The molecule has 0 rings (SSSR count). The summed E-state index contributed by atoms with van der Waals surface area (Å²) < 4.78 is 16.6. The largest absolute Gasteiger partial charge is 0.462 e. The van der Waals surface area contributed by atoms with Crippen LogP contribution in [-0.4, -0.2) is 37.2 Å². The van der Waals surface area contributed by atoms with E-state index in [2.05, 4.69) is 34.6 Å². The molecule has 296 valence electrons. The highest BCUT2D eigenvalue weighted by Crippen LogP contribution is 2.16. The molecular weight excluding hydrogens is 624 g/mol. The lowest BCUT2D eigenvalue weighted by molar-refractivity contribution is -0.167. The second kappa shape index (κ2) is 37.2. The van der Waals surface area contributed by atoms with E-state index in [1.165, 1.54) is 122 Å². The van der Waals surface area contributed by atoms with Gasteiger partial charge >= 0.3 is 17.9 Å². The molecule has 0 aliphatic heterocycles. The Morgan fingerprint density at radius 3 is 0.980 bits per heavy atom. The zero-order valence-electron chi connectivity index (χ0n) is 34.0. The monoisotopic (exact) mass is 709 g/mol. The van der Waals surface area contributed by atoms with Crippen molar-refractivity contribution >= 4 is 17.9 Å². The summed E-state index contributed by atoms with van der Waals surface area (Å²) in [5.74, 6) is 0.759. The second-order valence-corrected chi connectivity index (χ2v) is 15.9. The van der Waals surface area contributed by atoms with Crippen molar-refractivity contribution in [1.82, 2.24) is 0 Å². The van der Waals surface area contributed by atoms with Crippen molar-refractivity contribution < 1.29 is 28.6 Å². The fourth-order valence-corrected chi connectivity index (χ4v) is 6.40. The van der Waals surface area contributed by atoms with Crippen molar-refractivity contribution in [2.24, 2.45) is 11.8 Å². The van der Waals surface area contributed by atoms with Crippen molar-refractivity contribution in [3.05, 3.63) is 0 Å². The molecule has 0 radical (unpaired) electrons. The Kier molecular flexibility index (Phi) is 36.0. The van der Waals surface area contributed by atoms with Crippen LogP contribution in [0.1, 0.15) is 234 Å². The number of unbranched alkanes of at least 4 members (excludes halogenated alkanes) is 23. The summed E-state index contributed by atoms with van der Waals surface area (Å²) in [7, 11) is 0. The van der Waals surface area contributed by atoms with Crippen LogP contribution in [-0.2, 0) is 28.6 Å². The van der Waals surface area contributed by atoms with Gasteiger partial charge in [-0.15, -0.1) is 0 Å². The molecule has 0 N–H and O–H groups in total. The molecule has 0 amide bonds. The Hall–Kier alpha value is -1.59. The zero-order chi connectivity index (χ0) is 36.9. The Labute approximate surface area is 310 Å². The molecule has 0 bridgehead atoms. The predicted molar refractivity (Wildman–Crippen MR) is 210 cm³/mol. The maximum absolute atomic E-state index is 12.6. The standard InChI is InChI=1S/C44H84O6/c1-6-7-8-9-17-26-31-36-44(47)50-41(38-49-43(46)35-30-25-21-16-12-14-19-23-28-33-40(4)5)37-48-42(45)34-29-24-20-15-11-10-13-18-22-27-32-39(2)3/h39-41H,6-38H2,1-5H3/t41-/m0/s1. The van der Waals surface area contributed by atoms with Crippen LogP contribution in [0.15, 0.2) is 0 Å². The van der Waals surface area contributed by atoms with Gasteiger partial charge < -0.3 is 14.2 Å². The molecule has 0 spiro atoms. The lowest BCUT2D eigenvalue weighted by Crippen LogP contribution is -2.30. The normalized spacial score (nSPS) is 12.1. The molecule has 0 aromatic heterocycles. The molecule has 0 saturated carbocycles. The van der Waals surface area contributed by atoms with Crippen molar-refractivity contribution in [2.75, 3.05) is 13.2 Å². The molecule has 0 heterocycles. The predicted octanol–water partition coefficient (Wildman–Crippen LogP) is 13.4. The third-order valence-electron chi connectivity index (χ3n) is 9.72. The van der Waals surface area contributed by atoms with E-state index in [9.17, 15) is 14.4 Å². The molecule has 0 unspecified atom stereocenters. The number of esters is 3. The summed E-state index contributed by atoms with van der Waals surface area (Å²) in [5, 5.41) is 0. The van der Waals surface area contributed by atoms with Crippen LogP contribution in [0.2, 0.25) is 0 Å². The highest BCUT2D eigenvalue weighted by Gasteiger charge is 2.19. The van der Waals surface area contributed by atoms with Gasteiger partial charge in [-0.25, -0.2) is 0 Å². The third-order valence-corrected chi connectivity index (χ3v) is 9.72. The number of hydrogen-bond acceptors (Lipinski definition) is 6. The average Bonchev–Trinajstić information content (AvgIpc) is 3.08. The Morgan fingerprint density at radius 2 is 0.660 bits per heavy atom. The SMILES string of the molecule is CCCCCCCCCC(=O)O[C@@H](COC(=O)CCCCCCCCCCCCC(C)C)COC(=O)CCCCCCCCCCCC(C)C. The van der Waals surface area contributed by atoms with E-state index in [1.807, 2.05) is 0 Å². The first-order chi connectivity index (χ1) is 24.2. The molecule has 50 heavy (non-hydrogen) atoms. The minimum atomic E-state index is -0.758. The van der Waals surface area contributed by atoms with E-state index in [-0.39, 0.29) is 31.1 Å². The van der Waals surface area contributed by atoms with Gasteiger partial charge in [0.15, 0.2) is 6.10 Å². The third kappa shape index (κ3) is 37.7. The summed E-state index contributed by atoms with van der Waals surface area (Å²) in [6, 6.07) is 0. The van der Waals surface area contributed by atoms with Crippen LogP contribution < -0.4 is 0 Å². The first-order valence-electron chi connectivity index (χ1n) is 21.7. The Morgan fingerprint density at radius 1 is 0.380 bits per heavy atom. The van der Waals surface area contributed by atoms with Crippen molar-refractivity contribution in [2.45, 2.75) is 240 Å². The lowest BCUT2D eigenvalue weighted by atomic mass is 10.0. The van der Waals surface area contributed by atoms with E-state index in [1.54, 1.807) is 0 Å². The van der Waals surface area contributed by atoms with E-state index >= 15 is 0 Å². The van der Waals surface area contributed by atoms with Gasteiger partial charge in [-0.05, 0) is 31.1 Å². The molecule has 1 atom stereocenters. The van der Waals surface area contributed by atoms with Gasteiger partial charge in [0.2, 0.25) is 0 Å². The van der Waals surface area contributed by atoms with Gasteiger partial charge in [0.1, 0.15) is 13.2 Å². The number of ether oxygens (including phenoxy) is 3. The van der Waals surface area contributed by atoms with Crippen molar-refractivity contribution in [3.8, 4) is 0 Å². The summed E-state index contributed by atoms with van der Waals surface area (Å²) in [5.41, 5.74) is 0. The number of carbonyl (C=O) groups is 3. The van der Waals surface area contributed by atoms with Crippen LogP contribution in [0.25, 0.3) is 0 Å². The molecule has 0 fully saturated rings. The molecule has 6 heteroatoms. The van der Waals surface area contributed by atoms with Gasteiger partial charge in [-0.1, -0.05) is 195 Å². The van der Waals surface area contributed by atoms with Crippen LogP contribution in [0, 0.1) is 11.8 Å². The lowest BCUT2D eigenvalue weighted by Gasteiger charge is -2.18. The first kappa shape index (κ1) is 48.4. The quantitative estimate of drug-likeness (QED) is 0.0361. The fourth-order valence-electron chi connectivity index (χ4n) is 6.40. The van der Waals surface area contributed by atoms with Gasteiger partial charge in [0.25, 0.3) is 0 Å². The second-order valence-electron chi connectivity index (χ2n) is 15.9. The minimum Gasteiger partial charge on any atom is -0.462 e. The molecule has 0 aromatic carbocycles. The minimum absolute atomic E-state index is 0.0660. The van der Waals surface area contributed by atoms with Crippen molar-refractivity contribution in [1.29, 1.82) is 0 Å². The molecule has 0 aliphatic carbocycles. The van der Waals surface area contributed by atoms with Crippen LogP contribution in [0.5, 0.6) is 0 Å². The zero-order valence-corrected chi connectivity index (χ0v) is 34.0. The summed E-state index contributed by atoms with van der Waals surface area (Å²) in [4.78, 5) is 37.5. The maximum Gasteiger partial charge on any atom is 0.306 e. The highest BCUT2D eigenvalue weighted by molar-refractivity contribution is 5.71.